The average molecular weight is 320 g/mol. The Morgan fingerprint density at radius 3 is 2.79 bits per heavy atom. The predicted molar refractivity (Wildman–Crippen MR) is 93.8 cm³/mol. The van der Waals surface area contributed by atoms with Crippen LogP contribution in [-0.2, 0) is 11.3 Å². The number of likely N-dealkylation sites (tertiary alicyclic amines) is 1. The van der Waals surface area contributed by atoms with Gasteiger partial charge >= 0.3 is 0 Å². The molecular formula is C20H20N2O2. The van der Waals surface area contributed by atoms with Gasteiger partial charge in [0.2, 0.25) is 5.91 Å². The van der Waals surface area contributed by atoms with Crippen molar-refractivity contribution in [2.75, 3.05) is 7.11 Å². The van der Waals surface area contributed by atoms with E-state index in [2.05, 4.69) is 23.2 Å². The van der Waals surface area contributed by atoms with Gasteiger partial charge in [0.25, 0.3) is 0 Å². The molecule has 2 aromatic carbocycles. The second-order valence-corrected chi connectivity index (χ2v) is 6.19. The third-order valence-electron chi connectivity index (χ3n) is 4.81. The number of aromatic nitrogens is 1. The van der Waals surface area contributed by atoms with Gasteiger partial charge in [-0.2, -0.15) is 0 Å². The lowest BCUT2D eigenvalue weighted by atomic mass is 10.0. The van der Waals surface area contributed by atoms with Gasteiger partial charge in [0.1, 0.15) is 5.75 Å². The molecule has 0 spiro atoms. The first-order valence-corrected chi connectivity index (χ1v) is 8.25. The summed E-state index contributed by atoms with van der Waals surface area (Å²) in [6.07, 6.45) is 3.48. The number of aromatic amines is 1. The highest BCUT2D eigenvalue weighted by molar-refractivity contribution is 5.90. The fourth-order valence-corrected chi connectivity index (χ4v) is 3.63. The second-order valence-electron chi connectivity index (χ2n) is 6.19. The zero-order chi connectivity index (χ0) is 16.5. The number of fused-ring (bicyclic) bond motifs is 1. The molecule has 0 bridgehead atoms. The third-order valence-corrected chi connectivity index (χ3v) is 4.81. The number of hydrogen-bond acceptors (Lipinski definition) is 2. The molecule has 1 aliphatic rings. The molecule has 2 heterocycles. The van der Waals surface area contributed by atoms with Gasteiger partial charge in [-0.15, -0.1) is 0 Å². The van der Waals surface area contributed by atoms with Gasteiger partial charge in [-0.25, -0.2) is 0 Å². The monoisotopic (exact) mass is 320 g/mol. The maximum absolute atomic E-state index is 12.4. The van der Waals surface area contributed by atoms with Crippen molar-refractivity contribution < 1.29 is 9.53 Å². The molecular weight excluding hydrogens is 300 g/mol. The van der Waals surface area contributed by atoms with Crippen LogP contribution in [-0.4, -0.2) is 22.9 Å². The van der Waals surface area contributed by atoms with Crippen LogP contribution >= 0.6 is 0 Å². The van der Waals surface area contributed by atoms with E-state index in [0.29, 0.717) is 13.0 Å². The Morgan fingerprint density at radius 1 is 1.17 bits per heavy atom. The molecule has 0 aliphatic carbocycles. The molecule has 1 aliphatic heterocycles. The SMILES string of the molecule is COc1cccc2c([C@H]3CCC(=O)N3Cc3ccccc3)c[nH]c12. The first-order valence-electron chi connectivity index (χ1n) is 8.25. The number of rotatable bonds is 4. The molecule has 4 heteroatoms. The molecule has 24 heavy (non-hydrogen) atoms. The summed E-state index contributed by atoms with van der Waals surface area (Å²) in [4.78, 5) is 17.8. The molecule has 1 aromatic heterocycles. The van der Waals surface area contributed by atoms with Gasteiger partial charge in [0.05, 0.1) is 18.7 Å². The minimum atomic E-state index is 0.110. The molecule has 3 aromatic rings. The van der Waals surface area contributed by atoms with Gasteiger partial charge in [-0.3, -0.25) is 4.79 Å². The molecule has 0 saturated carbocycles. The zero-order valence-corrected chi connectivity index (χ0v) is 13.7. The first kappa shape index (κ1) is 14.8. The minimum absolute atomic E-state index is 0.110. The van der Waals surface area contributed by atoms with E-state index in [-0.39, 0.29) is 11.9 Å². The van der Waals surface area contributed by atoms with Crippen molar-refractivity contribution in [1.82, 2.24) is 9.88 Å². The first-order chi connectivity index (χ1) is 11.8. The van der Waals surface area contributed by atoms with E-state index in [1.54, 1.807) is 7.11 Å². The van der Waals surface area contributed by atoms with Crippen LogP contribution in [0.4, 0.5) is 0 Å². The van der Waals surface area contributed by atoms with Gasteiger partial charge in [0, 0.05) is 30.1 Å². The number of hydrogen-bond donors (Lipinski definition) is 1. The Morgan fingerprint density at radius 2 is 2.00 bits per heavy atom. The molecule has 122 valence electrons. The van der Waals surface area contributed by atoms with Crippen molar-refractivity contribution in [1.29, 1.82) is 0 Å². The van der Waals surface area contributed by atoms with E-state index in [4.69, 9.17) is 4.74 Å². The molecule has 1 atom stereocenters. The lowest BCUT2D eigenvalue weighted by Crippen LogP contribution is -2.27. The standard InChI is InChI=1S/C20H20N2O2/c1-24-18-9-5-8-15-16(12-21-20(15)18)17-10-11-19(23)22(17)13-14-6-3-2-4-7-14/h2-9,12,17,21H,10-11,13H2,1H3/t17-/m1/s1. The summed E-state index contributed by atoms with van der Waals surface area (Å²) < 4.78 is 5.44. The average Bonchev–Trinajstić information content (AvgIpc) is 3.20. The van der Waals surface area contributed by atoms with Crippen LogP contribution in [0, 0.1) is 0 Å². The molecule has 1 amide bonds. The molecule has 1 fully saturated rings. The Balaban J connectivity index is 1.71. The van der Waals surface area contributed by atoms with Crippen molar-refractivity contribution in [3.63, 3.8) is 0 Å². The largest absolute Gasteiger partial charge is 0.495 e. The van der Waals surface area contributed by atoms with Crippen molar-refractivity contribution in [2.24, 2.45) is 0 Å². The Labute approximate surface area is 141 Å². The number of carbonyl (C=O) groups excluding carboxylic acids is 1. The maximum Gasteiger partial charge on any atom is 0.223 e. The van der Waals surface area contributed by atoms with Crippen LogP contribution in [0.5, 0.6) is 5.75 Å². The summed E-state index contributed by atoms with van der Waals surface area (Å²) in [5, 5.41) is 1.13. The van der Waals surface area contributed by atoms with Crippen molar-refractivity contribution in [3.8, 4) is 5.75 Å². The predicted octanol–water partition coefficient (Wildman–Crippen LogP) is 4.04. The number of ether oxygens (including phenoxy) is 1. The summed E-state index contributed by atoms with van der Waals surface area (Å²) in [5.41, 5.74) is 3.33. The molecule has 4 nitrogen and oxygen atoms in total. The number of para-hydroxylation sites is 1. The number of nitrogens with zero attached hydrogens (tertiary/aromatic N) is 1. The van der Waals surface area contributed by atoms with Gasteiger partial charge in [0.15, 0.2) is 0 Å². The lowest BCUT2D eigenvalue weighted by Gasteiger charge is -2.25. The smallest absolute Gasteiger partial charge is 0.223 e. The lowest BCUT2D eigenvalue weighted by molar-refractivity contribution is -0.129. The van der Waals surface area contributed by atoms with Crippen molar-refractivity contribution in [3.05, 3.63) is 65.9 Å². The number of nitrogens with one attached hydrogen (secondary N) is 1. The van der Waals surface area contributed by atoms with E-state index in [1.165, 1.54) is 5.56 Å². The highest BCUT2D eigenvalue weighted by atomic mass is 16.5. The fraction of sp³-hybridized carbons (Fsp3) is 0.250. The molecule has 4 rings (SSSR count). The van der Waals surface area contributed by atoms with E-state index in [1.807, 2.05) is 41.4 Å². The van der Waals surface area contributed by atoms with Crippen LogP contribution < -0.4 is 4.74 Å². The fourth-order valence-electron chi connectivity index (χ4n) is 3.63. The number of amides is 1. The van der Waals surface area contributed by atoms with E-state index >= 15 is 0 Å². The molecule has 0 radical (unpaired) electrons. The molecule has 1 N–H and O–H groups in total. The van der Waals surface area contributed by atoms with Crippen molar-refractivity contribution in [2.45, 2.75) is 25.4 Å². The Bertz CT molecular complexity index is 870. The number of H-pyrrole nitrogens is 1. The van der Waals surface area contributed by atoms with Crippen LogP contribution in [0.15, 0.2) is 54.7 Å². The van der Waals surface area contributed by atoms with Gasteiger partial charge in [-0.1, -0.05) is 42.5 Å². The summed E-state index contributed by atoms with van der Waals surface area (Å²) in [7, 11) is 1.68. The van der Waals surface area contributed by atoms with Crippen molar-refractivity contribution >= 4 is 16.8 Å². The Kier molecular flexibility index (Phi) is 3.73. The molecule has 0 unspecified atom stereocenters. The number of carbonyl (C=O) groups is 1. The summed E-state index contributed by atoms with van der Waals surface area (Å²) in [5.74, 6) is 1.05. The van der Waals surface area contributed by atoms with E-state index < -0.39 is 0 Å². The maximum atomic E-state index is 12.4. The van der Waals surface area contributed by atoms with Gasteiger partial charge in [-0.05, 0) is 18.1 Å². The topological polar surface area (TPSA) is 45.3 Å². The highest BCUT2D eigenvalue weighted by Gasteiger charge is 2.33. The Hall–Kier alpha value is -2.75. The molecule has 1 saturated heterocycles. The van der Waals surface area contributed by atoms with Crippen LogP contribution in [0.3, 0.4) is 0 Å². The van der Waals surface area contributed by atoms with Gasteiger partial charge < -0.3 is 14.6 Å². The van der Waals surface area contributed by atoms with E-state index in [9.17, 15) is 4.79 Å². The zero-order valence-electron chi connectivity index (χ0n) is 13.7. The summed E-state index contributed by atoms with van der Waals surface area (Å²) >= 11 is 0. The minimum Gasteiger partial charge on any atom is -0.495 e. The number of methoxy groups -OCH3 is 1. The van der Waals surface area contributed by atoms with Crippen LogP contribution in [0.2, 0.25) is 0 Å². The number of benzene rings is 2. The summed E-state index contributed by atoms with van der Waals surface area (Å²) in [6, 6.07) is 16.3. The third kappa shape index (κ3) is 2.44. The van der Waals surface area contributed by atoms with E-state index in [0.717, 1.165) is 28.6 Å². The quantitative estimate of drug-likeness (QED) is 0.788. The van der Waals surface area contributed by atoms with Crippen LogP contribution in [0.1, 0.15) is 30.0 Å². The normalized spacial score (nSPS) is 17.6. The van der Waals surface area contributed by atoms with Crippen LogP contribution in [0.25, 0.3) is 10.9 Å². The second kappa shape index (κ2) is 6.04. The summed E-state index contributed by atoms with van der Waals surface area (Å²) in [6.45, 7) is 0.654. The highest BCUT2D eigenvalue weighted by Crippen LogP contribution is 2.39.